The first-order valence-corrected chi connectivity index (χ1v) is 8.65. The van der Waals surface area contributed by atoms with Crippen LogP contribution in [0.4, 0.5) is 0 Å². The fourth-order valence-electron chi connectivity index (χ4n) is 3.44. The number of hydrogen-bond acceptors (Lipinski definition) is 3. The fraction of sp³-hybridized carbons (Fsp3) is 1.00. The van der Waals surface area contributed by atoms with Crippen LogP contribution < -0.4 is 5.32 Å². The molecule has 1 aliphatic heterocycles. The van der Waals surface area contributed by atoms with Gasteiger partial charge >= 0.3 is 0 Å². The third-order valence-corrected chi connectivity index (χ3v) is 5.15. The lowest BCUT2D eigenvalue weighted by Crippen LogP contribution is -2.47. The molecule has 1 saturated carbocycles. The summed E-state index contributed by atoms with van der Waals surface area (Å²) >= 11 is 0. The van der Waals surface area contributed by atoms with Crippen molar-refractivity contribution in [1.29, 1.82) is 0 Å². The molecule has 3 atom stereocenters. The maximum Gasteiger partial charge on any atom is 0.0610 e. The van der Waals surface area contributed by atoms with E-state index in [9.17, 15) is 5.11 Å². The second-order valence-electron chi connectivity index (χ2n) is 7.62. The van der Waals surface area contributed by atoms with Crippen LogP contribution in [0.2, 0.25) is 0 Å². The molecule has 3 unspecified atom stereocenters. The highest BCUT2D eigenvalue weighted by atomic mass is 16.3. The predicted octanol–water partition coefficient (Wildman–Crippen LogP) is 2.78. The van der Waals surface area contributed by atoms with E-state index in [1.807, 2.05) is 0 Å². The second-order valence-corrected chi connectivity index (χ2v) is 7.62. The molecule has 1 aliphatic carbocycles. The van der Waals surface area contributed by atoms with Crippen molar-refractivity contribution in [2.45, 2.75) is 83.3 Å². The van der Waals surface area contributed by atoms with Crippen LogP contribution in [-0.4, -0.2) is 47.3 Å². The zero-order valence-electron chi connectivity index (χ0n) is 13.7. The Morgan fingerprint density at radius 3 is 2.55 bits per heavy atom. The molecule has 0 bridgehead atoms. The van der Waals surface area contributed by atoms with Gasteiger partial charge in [0.1, 0.15) is 0 Å². The molecule has 2 fully saturated rings. The van der Waals surface area contributed by atoms with Crippen molar-refractivity contribution in [1.82, 2.24) is 10.2 Å². The summed E-state index contributed by atoms with van der Waals surface area (Å²) in [5, 5.41) is 13.2. The Balaban J connectivity index is 1.64. The van der Waals surface area contributed by atoms with Gasteiger partial charge in [0, 0.05) is 24.2 Å². The zero-order valence-corrected chi connectivity index (χ0v) is 13.7. The first-order chi connectivity index (χ1) is 9.52. The van der Waals surface area contributed by atoms with Gasteiger partial charge in [-0.3, -0.25) is 0 Å². The van der Waals surface area contributed by atoms with Gasteiger partial charge in [-0.25, -0.2) is 0 Å². The smallest absolute Gasteiger partial charge is 0.0610 e. The number of likely N-dealkylation sites (tertiary alicyclic amines) is 1. The van der Waals surface area contributed by atoms with E-state index in [1.165, 1.54) is 51.6 Å². The molecule has 2 rings (SSSR count). The highest BCUT2D eigenvalue weighted by molar-refractivity contribution is 4.92. The van der Waals surface area contributed by atoms with Gasteiger partial charge in [0.05, 0.1) is 6.61 Å². The average molecular weight is 282 g/mol. The first-order valence-electron chi connectivity index (χ1n) is 8.65. The molecule has 0 amide bonds. The van der Waals surface area contributed by atoms with E-state index in [0.29, 0.717) is 6.04 Å². The van der Waals surface area contributed by atoms with Crippen LogP contribution in [0.5, 0.6) is 0 Å². The van der Waals surface area contributed by atoms with Crippen molar-refractivity contribution in [3.05, 3.63) is 0 Å². The van der Waals surface area contributed by atoms with Crippen LogP contribution in [0.15, 0.2) is 0 Å². The van der Waals surface area contributed by atoms with E-state index in [4.69, 9.17) is 0 Å². The third kappa shape index (κ3) is 5.01. The monoisotopic (exact) mass is 282 g/mol. The summed E-state index contributed by atoms with van der Waals surface area (Å²) in [5.41, 5.74) is -0.0536. The Hall–Kier alpha value is -0.120. The molecule has 3 heteroatoms. The van der Waals surface area contributed by atoms with E-state index in [2.05, 4.69) is 31.0 Å². The van der Waals surface area contributed by atoms with E-state index in [0.717, 1.165) is 18.4 Å². The minimum atomic E-state index is -0.0536. The molecule has 0 spiro atoms. The number of aliphatic hydroxyl groups excluding tert-OH is 1. The molecule has 0 aromatic rings. The van der Waals surface area contributed by atoms with Crippen LogP contribution in [0.3, 0.4) is 0 Å². The SMILES string of the molecule is CC1CCC(C)N(CCCCC(C)(CO)NC2CC2)C1. The number of piperidine rings is 1. The average Bonchev–Trinajstić information content (AvgIpc) is 3.22. The van der Waals surface area contributed by atoms with Crippen molar-refractivity contribution in [2.24, 2.45) is 5.92 Å². The van der Waals surface area contributed by atoms with E-state index in [-0.39, 0.29) is 12.1 Å². The van der Waals surface area contributed by atoms with Gasteiger partial charge in [-0.15, -0.1) is 0 Å². The Morgan fingerprint density at radius 1 is 1.15 bits per heavy atom. The van der Waals surface area contributed by atoms with E-state index in [1.54, 1.807) is 0 Å². The topological polar surface area (TPSA) is 35.5 Å². The largest absolute Gasteiger partial charge is 0.394 e. The normalized spacial score (nSPS) is 31.2. The van der Waals surface area contributed by atoms with E-state index >= 15 is 0 Å². The maximum absolute atomic E-state index is 9.61. The van der Waals surface area contributed by atoms with Crippen molar-refractivity contribution in [3.8, 4) is 0 Å². The fourth-order valence-corrected chi connectivity index (χ4v) is 3.44. The van der Waals surface area contributed by atoms with Crippen molar-refractivity contribution in [2.75, 3.05) is 19.7 Å². The molecule has 0 aromatic heterocycles. The molecular formula is C17H34N2O. The number of nitrogens with one attached hydrogen (secondary N) is 1. The highest BCUT2D eigenvalue weighted by Crippen LogP contribution is 2.25. The van der Waals surface area contributed by atoms with Crippen molar-refractivity contribution < 1.29 is 5.11 Å². The maximum atomic E-state index is 9.61. The lowest BCUT2D eigenvalue weighted by Gasteiger charge is -2.37. The Morgan fingerprint density at radius 2 is 1.90 bits per heavy atom. The number of rotatable bonds is 8. The Kier molecular flexibility index (Phi) is 5.88. The van der Waals surface area contributed by atoms with E-state index < -0.39 is 0 Å². The standard InChI is InChI=1S/C17H34N2O/c1-14-6-7-15(2)19(12-14)11-5-4-10-17(3,13-20)18-16-8-9-16/h14-16,18,20H,4-13H2,1-3H3. The Labute approximate surface area is 125 Å². The van der Waals surface area contributed by atoms with Crippen LogP contribution in [0.1, 0.15) is 65.7 Å². The molecule has 118 valence electrons. The number of hydrogen-bond donors (Lipinski definition) is 2. The molecule has 1 saturated heterocycles. The van der Waals surface area contributed by atoms with Gasteiger partial charge in [0.15, 0.2) is 0 Å². The van der Waals surface area contributed by atoms with Gasteiger partial charge in [-0.2, -0.15) is 0 Å². The summed E-state index contributed by atoms with van der Waals surface area (Å²) < 4.78 is 0. The molecule has 20 heavy (non-hydrogen) atoms. The molecule has 0 radical (unpaired) electrons. The van der Waals surface area contributed by atoms with Crippen molar-refractivity contribution in [3.63, 3.8) is 0 Å². The first kappa shape index (κ1) is 16.3. The number of unbranched alkanes of at least 4 members (excludes halogenated alkanes) is 1. The van der Waals surface area contributed by atoms with Gasteiger partial charge in [-0.05, 0) is 64.8 Å². The summed E-state index contributed by atoms with van der Waals surface area (Å²) in [5.74, 6) is 0.866. The molecule has 3 nitrogen and oxygen atoms in total. The van der Waals surface area contributed by atoms with Crippen LogP contribution in [0.25, 0.3) is 0 Å². The molecule has 2 N–H and O–H groups in total. The second kappa shape index (κ2) is 7.24. The lowest BCUT2D eigenvalue weighted by atomic mass is 9.93. The minimum absolute atomic E-state index is 0.0536. The summed E-state index contributed by atoms with van der Waals surface area (Å²) in [6.07, 6.45) is 8.91. The zero-order chi connectivity index (χ0) is 14.6. The quantitative estimate of drug-likeness (QED) is 0.672. The van der Waals surface area contributed by atoms with Gasteiger partial charge < -0.3 is 15.3 Å². The third-order valence-electron chi connectivity index (χ3n) is 5.15. The minimum Gasteiger partial charge on any atom is -0.394 e. The van der Waals surface area contributed by atoms with Gasteiger partial charge in [0.25, 0.3) is 0 Å². The van der Waals surface area contributed by atoms with Crippen LogP contribution in [0, 0.1) is 5.92 Å². The summed E-state index contributed by atoms with van der Waals surface area (Å²) in [7, 11) is 0. The Bertz CT molecular complexity index is 293. The summed E-state index contributed by atoms with van der Waals surface area (Å²) in [6, 6.07) is 1.44. The molecule has 0 aromatic carbocycles. The molecule has 2 aliphatic rings. The van der Waals surface area contributed by atoms with Gasteiger partial charge in [-0.1, -0.05) is 13.3 Å². The van der Waals surface area contributed by atoms with Crippen LogP contribution >= 0.6 is 0 Å². The van der Waals surface area contributed by atoms with Gasteiger partial charge in [0.2, 0.25) is 0 Å². The number of aliphatic hydroxyl groups is 1. The molecular weight excluding hydrogens is 248 g/mol. The summed E-state index contributed by atoms with van der Waals surface area (Å²) in [6.45, 7) is 9.70. The van der Waals surface area contributed by atoms with Crippen LogP contribution in [-0.2, 0) is 0 Å². The lowest BCUT2D eigenvalue weighted by molar-refractivity contribution is 0.118. The highest BCUT2D eigenvalue weighted by Gasteiger charge is 2.31. The predicted molar refractivity (Wildman–Crippen MR) is 84.9 cm³/mol. The molecule has 1 heterocycles. The summed E-state index contributed by atoms with van der Waals surface area (Å²) in [4.78, 5) is 2.67. The number of nitrogens with zero attached hydrogens (tertiary/aromatic N) is 1. The van der Waals surface area contributed by atoms with Crippen molar-refractivity contribution >= 4 is 0 Å².